The number of carbonyl (C=O) groups excluding carboxylic acids is 2. The molecule has 6 nitrogen and oxygen atoms in total. The number of hydrogen-bond acceptors (Lipinski definition) is 4. The normalized spacial score (nSPS) is 13.0. The second-order valence-electron chi connectivity index (χ2n) is 9.16. The molecule has 1 aliphatic heterocycles. The van der Waals surface area contributed by atoms with Crippen LogP contribution in [0.5, 0.6) is 11.5 Å². The van der Waals surface area contributed by atoms with Crippen LogP contribution in [0.1, 0.15) is 40.9 Å². The van der Waals surface area contributed by atoms with Crippen molar-refractivity contribution in [3.8, 4) is 11.5 Å². The third-order valence-electron chi connectivity index (χ3n) is 6.18. The maximum atomic E-state index is 13.2. The summed E-state index contributed by atoms with van der Waals surface area (Å²) in [5.74, 6) is 1.38. The lowest BCUT2D eigenvalue weighted by molar-refractivity contribution is -0.121. The van der Waals surface area contributed by atoms with Gasteiger partial charge in [0.05, 0.1) is 20.2 Å². The smallest absolute Gasteiger partial charge is 0.254 e. The third kappa shape index (κ3) is 5.65. The van der Waals surface area contributed by atoms with Crippen molar-refractivity contribution in [2.75, 3.05) is 25.2 Å². The lowest BCUT2D eigenvalue weighted by Gasteiger charge is -2.26. The summed E-state index contributed by atoms with van der Waals surface area (Å²) in [7, 11) is 1.60. The fraction of sp³-hybridized carbons (Fsp3) is 0.310. The first-order valence-electron chi connectivity index (χ1n) is 11.9. The molecule has 6 heteroatoms. The maximum absolute atomic E-state index is 13.2. The standard InChI is InChI=1S/C29H32N2O4/c1-20(2)28(32)31(25-10-5-21(3)6-11-25)18-22-7-14-27-24(17-22)19-30(15-16-35-27)29(33)23-8-12-26(34-4)13-9-23/h5-14,17,20H,15-16,18-19H2,1-4H3. The van der Waals surface area contributed by atoms with E-state index in [0.717, 1.165) is 28.1 Å². The summed E-state index contributed by atoms with van der Waals surface area (Å²) in [6.45, 7) is 7.67. The summed E-state index contributed by atoms with van der Waals surface area (Å²) < 4.78 is 11.2. The van der Waals surface area contributed by atoms with Gasteiger partial charge in [0.2, 0.25) is 5.91 Å². The Hall–Kier alpha value is -3.80. The highest BCUT2D eigenvalue weighted by molar-refractivity contribution is 5.95. The Bertz CT molecular complexity index is 1190. The fourth-order valence-electron chi connectivity index (χ4n) is 4.15. The molecule has 0 spiro atoms. The van der Waals surface area contributed by atoms with Gasteiger partial charge < -0.3 is 19.3 Å². The molecule has 3 aromatic rings. The van der Waals surface area contributed by atoms with Crippen LogP contribution in [0.3, 0.4) is 0 Å². The van der Waals surface area contributed by atoms with E-state index in [0.29, 0.717) is 37.6 Å². The Morgan fingerprint density at radius 2 is 1.74 bits per heavy atom. The van der Waals surface area contributed by atoms with E-state index in [4.69, 9.17) is 9.47 Å². The van der Waals surface area contributed by atoms with Crippen LogP contribution in [0.2, 0.25) is 0 Å². The minimum absolute atomic E-state index is 0.0502. The fourth-order valence-corrected chi connectivity index (χ4v) is 4.15. The zero-order chi connectivity index (χ0) is 24.9. The number of rotatable bonds is 6. The zero-order valence-corrected chi connectivity index (χ0v) is 20.8. The summed E-state index contributed by atoms with van der Waals surface area (Å²) in [6.07, 6.45) is 0. The number of ether oxygens (including phenoxy) is 2. The first kappa shape index (κ1) is 24.3. The number of hydrogen-bond donors (Lipinski definition) is 0. The number of carbonyl (C=O) groups is 2. The molecule has 0 aromatic heterocycles. The largest absolute Gasteiger partial charge is 0.497 e. The van der Waals surface area contributed by atoms with E-state index in [1.807, 2.05) is 68.1 Å². The van der Waals surface area contributed by atoms with Gasteiger partial charge in [-0.05, 0) is 61.0 Å². The molecule has 0 bridgehead atoms. The molecule has 4 rings (SSSR count). The minimum Gasteiger partial charge on any atom is -0.497 e. The number of aryl methyl sites for hydroxylation is 1. The van der Waals surface area contributed by atoms with Crippen molar-refractivity contribution in [1.82, 2.24) is 4.90 Å². The molecule has 0 saturated carbocycles. The van der Waals surface area contributed by atoms with E-state index in [9.17, 15) is 9.59 Å². The molecule has 0 radical (unpaired) electrons. The first-order valence-corrected chi connectivity index (χ1v) is 11.9. The molecule has 1 aliphatic rings. The highest BCUT2D eigenvalue weighted by Crippen LogP contribution is 2.28. The van der Waals surface area contributed by atoms with Crippen LogP contribution >= 0.6 is 0 Å². The minimum atomic E-state index is -0.127. The molecule has 0 aliphatic carbocycles. The Morgan fingerprint density at radius 3 is 2.40 bits per heavy atom. The van der Waals surface area contributed by atoms with Gasteiger partial charge in [0.25, 0.3) is 5.91 Å². The molecule has 3 aromatic carbocycles. The molecule has 1 heterocycles. The average molecular weight is 473 g/mol. The number of anilines is 1. The molecule has 35 heavy (non-hydrogen) atoms. The van der Waals surface area contributed by atoms with Crippen molar-refractivity contribution in [2.24, 2.45) is 5.92 Å². The number of amides is 2. The maximum Gasteiger partial charge on any atom is 0.254 e. The van der Waals surface area contributed by atoms with E-state index in [2.05, 4.69) is 0 Å². The molecule has 0 unspecified atom stereocenters. The number of fused-ring (bicyclic) bond motifs is 1. The van der Waals surface area contributed by atoms with Crippen LogP contribution in [0.15, 0.2) is 66.7 Å². The highest BCUT2D eigenvalue weighted by atomic mass is 16.5. The van der Waals surface area contributed by atoms with Gasteiger partial charge in [0.1, 0.15) is 18.1 Å². The quantitative estimate of drug-likeness (QED) is 0.493. The second-order valence-corrected chi connectivity index (χ2v) is 9.16. The van der Waals surface area contributed by atoms with E-state index in [1.165, 1.54) is 0 Å². The molecule has 0 saturated heterocycles. The monoisotopic (exact) mass is 472 g/mol. The van der Waals surface area contributed by atoms with Crippen molar-refractivity contribution < 1.29 is 19.1 Å². The first-order chi connectivity index (χ1) is 16.9. The molecule has 182 valence electrons. The topological polar surface area (TPSA) is 59.1 Å². The second kappa shape index (κ2) is 10.6. The van der Waals surface area contributed by atoms with Gasteiger partial charge in [0.15, 0.2) is 0 Å². The van der Waals surface area contributed by atoms with Crippen molar-refractivity contribution in [3.05, 3.63) is 89.0 Å². The molecular weight excluding hydrogens is 440 g/mol. The number of benzene rings is 3. The van der Waals surface area contributed by atoms with Crippen LogP contribution in [0.25, 0.3) is 0 Å². The summed E-state index contributed by atoms with van der Waals surface area (Å²) >= 11 is 0. The zero-order valence-electron chi connectivity index (χ0n) is 20.8. The van der Waals surface area contributed by atoms with Crippen molar-refractivity contribution >= 4 is 17.5 Å². The number of nitrogens with zero attached hydrogens (tertiary/aromatic N) is 2. The Kier molecular flexibility index (Phi) is 7.39. The van der Waals surface area contributed by atoms with Gasteiger partial charge in [-0.3, -0.25) is 9.59 Å². The van der Waals surface area contributed by atoms with Crippen molar-refractivity contribution in [2.45, 2.75) is 33.9 Å². The van der Waals surface area contributed by atoms with Crippen molar-refractivity contribution in [3.63, 3.8) is 0 Å². The van der Waals surface area contributed by atoms with E-state index in [-0.39, 0.29) is 17.7 Å². The predicted octanol–water partition coefficient (Wildman–Crippen LogP) is 5.23. The SMILES string of the molecule is COc1ccc(C(=O)N2CCOc3ccc(CN(C(=O)C(C)C)c4ccc(C)cc4)cc3C2)cc1. The van der Waals surface area contributed by atoms with Crippen LogP contribution in [0.4, 0.5) is 5.69 Å². The Morgan fingerprint density at radius 1 is 1.03 bits per heavy atom. The van der Waals surface area contributed by atoms with Gasteiger partial charge in [-0.25, -0.2) is 0 Å². The molecular formula is C29H32N2O4. The molecule has 0 fully saturated rings. The van der Waals surface area contributed by atoms with Gasteiger partial charge in [-0.1, -0.05) is 37.6 Å². The molecule has 2 amide bonds. The molecule has 0 atom stereocenters. The van der Waals surface area contributed by atoms with Crippen LogP contribution in [-0.2, 0) is 17.9 Å². The Balaban J connectivity index is 1.57. The summed E-state index contributed by atoms with van der Waals surface area (Å²) in [4.78, 5) is 29.9. The van der Waals surface area contributed by atoms with E-state index >= 15 is 0 Å². The summed E-state index contributed by atoms with van der Waals surface area (Å²) in [5, 5.41) is 0. The van der Waals surface area contributed by atoms with Gasteiger partial charge in [0, 0.05) is 29.3 Å². The van der Waals surface area contributed by atoms with Crippen LogP contribution in [0, 0.1) is 12.8 Å². The van der Waals surface area contributed by atoms with Gasteiger partial charge in [-0.15, -0.1) is 0 Å². The van der Waals surface area contributed by atoms with E-state index < -0.39 is 0 Å². The lowest BCUT2D eigenvalue weighted by Crippen LogP contribution is -2.34. The van der Waals surface area contributed by atoms with Crippen molar-refractivity contribution in [1.29, 1.82) is 0 Å². The Labute approximate surface area is 207 Å². The average Bonchev–Trinajstić information content (AvgIpc) is 3.09. The third-order valence-corrected chi connectivity index (χ3v) is 6.18. The number of methoxy groups -OCH3 is 1. The lowest BCUT2D eigenvalue weighted by atomic mass is 10.1. The van der Waals surface area contributed by atoms with E-state index in [1.54, 1.807) is 36.3 Å². The summed E-state index contributed by atoms with van der Waals surface area (Å²) in [5.41, 5.74) is 4.55. The predicted molar refractivity (Wildman–Crippen MR) is 137 cm³/mol. The highest BCUT2D eigenvalue weighted by Gasteiger charge is 2.23. The molecule has 0 N–H and O–H groups in total. The van der Waals surface area contributed by atoms with Crippen LogP contribution in [-0.4, -0.2) is 37.0 Å². The van der Waals surface area contributed by atoms with Gasteiger partial charge in [-0.2, -0.15) is 0 Å². The van der Waals surface area contributed by atoms with Gasteiger partial charge >= 0.3 is 0 Å². The summed E-state index contributed by atoms with van der Waals surface area (Å²) in [6, 6.07) is 21.1. The van der Waals surface area contributed by atoms with Crippen LogP contribution < -0.4 is 14.4 Å².